The van der Waals surface area contributed by atoms with Gasteiger partial charge in [0.15, 0.2) is 0 Å². The molecule has 2 aromatic rings. The number of benzene rings is 2. The van der Waals surface area contributed by atoms with Gasteiger partial charge in [-0.3, -0.25) is 0 Å². The van der Waals surface area contributed by atoms with Gasteiger partial charge in [-0.1, -0.05) is 60.7 Å². The van der Waals surface area contributed by atoms with Crippen molar-refractivity contribution in [2.75, 3.05) is 6.61 Å². The van der Waals surface area contributed by atoms with Crippen molar-refractivity contribution in [1.29, 1.82) is 0 Å². The Balaban J connectivity index is 1.69. The van der Waals surface area contributed by atoms with Crippen LogP contribution >= 0.6 is 12.6 Å². The molecule has 140 valence electrons. The number of ether oxygens (including phenoxy) is 3. The van der Waals surface area contributed by atoms with Gasteiger partial charge in [-0.15, -0.1) is 12.6 Å². The minimum Gasteiger partial charge on any atom is -0.394 e. The van der Waals surface area contributed by atoms with Gasteiger partial charge in [0.05, 0.1) is 19.8 Å². The van der Waals surface area contributed by atoms with Gasteiger partial charge in [0.2, 0.25) is 0 Å². The molecule has 3 rings (SSSR count). The van der Waals surface area contributed by atoms with Crippen LogP contribution in [0.4, 0.5) is 0 Å². The summed E-state index contributed by atoms with van der Waals surface area (Å²) < 4.78 is 17.5. The highest BCUT2D eigenvalue weighted by molar-refractivity contribution is 7.80. The summed E-state index contributed by atoms with van der Waals surface area (Å²) in [4.78, 5) is 0. The molecular formula is C20H24O5S. The average Bonchev–Trinajstić information content (AvgIpc) is 2.69. The molecule has 0 bridgehead atoms. The molecule has 0 aliphatic carbocycles. The molecular weight excluding hydrogens is 352 g/mol. The summed E-state index contributed by atoms with van der Waals surface area (Å²) in [5.74, 6) is 0. The lowest BCUT2D eigenvalue weighted by Crippen LogP contribution is -2.58. The number of aliphatic hydroxyl groups is 2. The summed E-state index contributed by atoms with van der Waals surface area (Å²) in [7, 11) is 0. The molecule has 2 aromatic carbocycles. The Hall–Kier alpha value is -1.41. The molecule has 0 aromatic heterocycles. The molecule has 1 fully saturated rings. The maximum atomic E-state index is 10.6. The highest BCUT2D eigenvalue weighted by Crippen LogP contribution is 2.29. The Morgan fingerprint density at radius 1 is 0.846 bits per heavy atom. The van der Waals surface area contributed by atoms with E-state index in [9.17, 15) is 10.2 Å². The van der Waals surface area contributed by atoms with Crippen molar-refractivity contribution in [3.63, 3.8) is 0 Å². The van der Waals surface area contributed by atoms with Crippen LogP contribution in [-0.4, -0.2) is 46.7 Å². The normalized spacial score (nSPS) is 28.8. The van der Waals surface area contributed by atoms with Crippen LogP contribution in [0.2, 0.25) is 0 Å². The van der Waals surface area contributed by atoms with E-state index in [-0.39, 0.29) is 6.61 Å². The van der Waals surface area contributed by atoms with Crippen molar-refractivity contribution in [2.45, 2.75) is 43.1 Å². The molecule has 2 N–H and O–H groups in total. The fourth-order valence-corrected chi connectivity index (χ4v) is 3.37. The number of thiol groups is 1. The van der Waals surface area contributed by atoms with Crippen LogP contribution in [0.1, 0.15) is 11.1 Å². The van der Waals surface area contributed by atoms with E-state index < -0.39 is 29.9 Å². The van der Waals surface area contributed by atoms with Crippen LogP contribution in [-0.2, 0) is 27.4 Å². The molecule has 0 spiro atoms. The summed E-state index contributed by atoms with van der Waals surface area (Å²) in [6.45, 7) is 0.370. The van der Waals surface area contributed by atoms with Gasteiger partial charge in [-0.2, -0.15) is 0 Å². The fraction of sp³-hybridized carbons (Fsp3) is 0.400. The molecule has 1 aliphatic heterocycles. The summed E-state index contributed by atoms with van der Waals surface area (Å²) in [5.41, 5.74) is 1.39. The van der Waals surface area contributed by atoms with Crippen LogP contribution < -0.4 is 0 Å². The summed E-state index contributed by atoms with van der Waals surface area (Å²) >= 11 is 4.45. The molecule has 1 aliphatic rings. The van der Waals surface area contributed by atoms with Crippen molar-refractivity contribution in [3.05, 3.63) is 71.8 Å². The molecule has 0 amide bonds. The Bertz CT molecular complexity index is 654. The lowest BCUT2D eigenvalue weighted by Gasteiger charge is -2.42. The third-order valence-electron chi connectivity index (χ3n) is 4.39. The minimum absolute atomic E-state index is 0.311. The zero-order chi connectivity index (χ0) is 18.4. The van der Waals surface area contributed by atoms with Gasteiger partial charge >= 0.3 is 0 Å². The van der Waals surface area contributed by atoms with Gasteiger partial charge in [-0.25, -0.2) is 0 Å². The molecule has 0 radical (unpaired) electrons. The molecule has 1 heterocycles. The molecule has 6 heteroatoms. The second-order valence-corrected chi connectivity index (χ2v) is 6.77. The zero-order valence-corrected chi connectivity index (χ0v) is 15.2. The van der Waals surface area contributed by atoms with E-state index in [4.69, 9.17) is 14.2 Å². The number of rotatable bonds is 7. The van der Waals surface area contributed by atoms with Crippen LogP contribution in [0, 0.1) is 0 Å². The van der Waals surface area contributed by atoms with Crippen LogP contribution in [0.5, 0.6) is 0 Å². The smallest absolute Gasteiger partial charge is 0.129 e. The van der Waals surface area contributed by atoms with Crippen molar-refractivity contribution in [1.82, 2.24) is 0 Å². The molecule has 5 atom stereocenters. The summed E-state index contributed by atoms with van der Waals surface area (Å²) in [6, 6.07) is 19.4. The first kappa shape index (κ1) is 19.4. The largest absolute Gasteiger partial charge is 0.394 e. The van der Waals surface area contributed by atoms with E-state index in [0.717, 1.165) is 11.1 Å². The fourth-order valence-electron chi connectivity index (χ4n) is 2.96. The van der Waals surface area contributed by atoms with Gasteiger partial charge in [-0.05, 0) is 11.1 Å². The van der Waals surface area contributed by atoms with E-state index in [1.165, 1.54) is 0 Å². The van der Waals surface area contributed by atoms with Gasteiger partial charge in [0.25, 0.3) is 0 Å². The minimum atomic E-state index is -1.01. The van der Waals surface area contributed by atoms with Gasteiger partial charge in [0.1, 0.15) is 29.9 Å². The quantitative estimate of drug-likeness (QED) is 0.646. The Morgan fingerprint density at radius 3 is 1.85 bits per heavy atom. The van der Waals surface area contributed by atoms with Gasteiger partial charge < -0.3 is 24.4 Å². The standard InChI is InChI=1S/C20H24O5S/c21-11-16-17(22)18(23-12-14-7-3-1-4-8-14)19(20(26)25-16)24-13-15-9-5-2-6-10-15/h1-10,16-22,26H,11-13H2/t16-,17-,18+,19-,20-/m1/s1. The maximum Gasteiger partial charge on any atom is 0.129 e. The zero-order valence-electron chi connectivity index (χ0n) is 14.3. The van der Waals surface area contributed by atoms with E-state index in [1.807, 2.05) is 60.7 Å². The number of hydrogen-bond acceptors (Lipinski definition) is 6. The van der Waals surface area contributed by atoms with E-state index in [2.05, 4.69) is 12.6 Å². The third-order valence-corrected chi connectivity index (χ3v) is 4.80. The monoisotopic (exact) mass is 376 g/mol. The maximum absolute atomic E-state index is 10.6. The lowest BCUT2D eigenvalue weighted by molar-refractivity contribution is -0.237. The molecule has 1 saturated heterocycles. The summed E-state index contributed by atoms with van der Waals surface area (Å²) in [5, 5.41) is 20.0. The Kier molecular flexibility index (Phi) is 7.07. The highest BCUT2D eigenvalue weighted by Gasteiger charge is 2.45. The van der Waals surface area contributed by atoms with Crippen LogP contribution in [0.3, 0.4) is 0 Å². The second-order valence-electron chi connectivity index (χ2n) is 6.26. The van der Waals surface area contributed by atoms with E-state index >= 15 is 0 Å². The Morgan fingerprint density at radius 2 is 1.35 bits per heavy atom. The van der Waals surface area contributed by atoms with Gasteiger partial charge in [0, 0.05) is 0 Å². The number of hydrogen-bond donors (Lipinski definition) is 3. The average molecular weight is 376 g/mol. The van der Waals surface area contributed by atoms with E-state index in [1.54, 1.807) is 0 Å². The highest BCUT2D eigenvalue weighted by atomic mass is 32.1. The first-order chi connectivity index (χ1) is 12.7. The van der Waals surface area contributed by atoms with E-state index in [0.29, 0.717) is 13.2 Å². The van der Waals surface area contributed by atoms with Crippen LogP contribution in [0.25, 0.3) is 0 Å². The first-order valence-corrected chi connectivity index (χ1v) is 9.14. The van der Waals surface area contributed by atoms with Crippen molar-refractivity contribution in [3.8, 4) is 0 Å². The van der Waals surface area contributed by atoms with Crippen molar-refractivity contribution < 1.29 is 24.4 Å². The SMILES string of the molecule is OC[C@H]1O[C@H](S)[C@H](OCc2ccccc2)[C@@H](OCc2ccccc2)[C@@H]1O. The Labute approximate surface area is 158 Å². The van der Waals surface area contributed by atoms with Crippen LogP contribution in [0.15, 0.2) is 60.7 Å². The lowest BCUT2D eigenvalue weighted by atomic mass is 9.99. The number of aliphatic hydroxyl groups excluding tert-OH is 2. The molecule has 0 unspecified atom stereocenters. The van der Waals surface area contributed by atoms with Crippen molar-refractivity contribution >= 4 is 12.6 Å². The molecule has 26 heavy (non-hydrogen) atoms. The predicted molar refractivity (Wildman–Crippen MR) is 101 cm³/mol. The second kappa shape index (κ2) is 9.50. The van der Waals surface area contributed by atoms with Crippen molar-refractivity contribution in [2.24, 2.45) is 0 Å². The topological polar surface area (TPSA) is 68.2 Å². The first-order valence-electron chi connectivity index (χ1n) is 8.62. The third kappa shape index (κ3) is 4.85. The molecule has 0 saturated carbocycles. The summed E-state index contributed by atoms with van der Waals surface area (Å²) in [6.07, 6.45) is -2.99. The predicted octanol–water partition coefficient (Wildman–Crippen LogP) is 2.17. The molecule has 5 nitrogen and oxygen atoms in total.